The third-order valence-electron chi connectivity index (χ3n) is 5.52. The number of aromatic nitrogens is 4. The fraction of sp³-hybridized carbons (Fsp3) is 0.0769. The number of anilines is 2. The van der Waals surface area contributed by atoms with E-state index >= 15 is 0 Å². The van der Waals surface area contributed by atoms with Gasteiger partial charge in [-0.3, -0.25) is 9.59 Å². The summed E-state index contributed by atoms with van der Waals surface area (Å²) in [4.78, 5) is 37.1. The number of carbonyl (C=O) groups excluding carboxylic acids is 2. The van der Waals surface area contributed by atoms with E-state index in [1.807, 2.05) is 0 Å². The highest BCUT2D eigenvalue weighted by atomic mass is 35.5. The number of nitrogens with one attached hydrogen (secondary N) is 2. The van der Waals surface area contributed by atoms with Crippen LogP contribution in [0.4, 0.5) is 16.0 Å². The van der Waals surface area contributed by atoms with Crippen LogP contribution in [0.5, 0.6) is 0 Å². The topological polar surface area (TPSA) is 165 Å². The summed E-state index contributed by atoms with van der Waals surface area (Å²) < 4.78 is 15.7. The molecule has 11 nitrogen and oxygen atoms in total. The van der Waals surface area contributed by atoms with Crippen molar-refractivity contribution in [3.05, 3.63) is 100 Å². The van der Waals surface area contributed by atoms with Crippen LogP contribution in [-0.4, -0.2) is 49.1 Å². The number of carboxylic acid groups (broad SMARTS) is 1. The summed E-state index contributed by atoms with van der Waals surface area (Å²) in [7, 11) is 0. The number of carbonyl (C=O) groups is 3. The SMILES string of the molecule is Nc1nnnn1-c1ccc(Cl)cc1C=CC(=O)N[C@@H](Cc1ccccc1)C(=O)Nc1ccc(C(=O)O)cc1F. The predicted molar refractivity (Wildman–Crippen MR) is 142 cm³/mol. The Morgan fingerprint density at radius 3 is 2.54 bits per heavy atom. The van der Waals surface area contributed by atoms with E-state index in [4.69, 9.17) is 22.4 Å². The quantitative estimate of drug-likeness (QED) is 0.231. The fourth-order valence-corrected chi connectivity index (χ4v) is 3.81. The van der Waals surface area contributed by atoms with Crippen molar-refractivity contribution >= 4 is 47.1 Å². The molecule has 1 heterocycles. The molecule has 4 rings (SSSR count). The Morgan fingerprint density at radius 1 is 1.10 bits per heavy atom. The fourth-order valence-electron chi connectivity index (χ4n) is 3.63. The Bertz CT molecular complexity index is 1560. The molecule has 3 aromatic carbocycles. The van der Waals surface area contributed by atoms with Crippen LogP contribution in [0.15, 0.2) is 72.8 Å². The van der Waals surface area contributed by atoms with Crippen molar-refractivity contribution in [2.45, 2.75) is 12.5 Å². The van der Waals surface area contributed by atoms with Crippen molar-refractivity contribution in [2.24, 2.45) is 0 Å². The van der Waals surface area contributed by atoms with Crippen LogP contribution in [0.25, 0.3) is 11.8 Å². The number of rotatable bonds is 9. The minimum absolute atomic E-state index is 0.0274. The van der Waals surface area contributed by atoms with Crippen molar-refractivity contribution in [2.75, 3.05) is 11.1 Å². The predicted octanol–water partition coefficient (Wildman–Crippen LogP) is 3.11. The van der Waals surface area contributed by atoms with E-state index in [1.165, 1.54) is 16.8 Å². The highest BCUT2D eigenvalue weighted by Gasteiger charge is 2.22. The van der Waals surface area contributed by atoms with Gasteiger partial charge >= 0.3 is 5.97 Å². The maximum atomic E-state index is 14.4. The van der Waals surface area contributed by atoms with E-state index < -0.39 is 29.6 Å². The Morgan fingerprint density at radius 2 is 1.87 bits per heavy atom. The van der Waals surface area contributed by atoms with Crippen LogP contribution in [0.1, 0.15) is 21.5 Å². The van der Waals surface area contributed by atoms with Gasteiger partial charge in [0.2, 0.25) is 17.8 Å². The highest BCUT2D eigenvalue weighted by molar-refractivity contribution is 6.30. The van der Waals surface area contributed by atoms with Crippen molar-refractivity contribution < 1.29 is 23.9 Å². The van der Waals surface area contributed by atoms with Gasteiger partial charge in [0.15, 0.2) is 0 Å². The number of hydrogen-bond acceptors (Lipinski definition) is 7. The zero-order chi connectivity index (χ0) is 27.9. The average Bonchev–Trinajstić information content (AvgIpc) is 3.34. The average molecular weight is 550 g/mol. The number of carboxylic acids is 1. The van der Waals surface area contributed by atoms with Gasteiger partial charge in [-0.2, -0.15) is 4.68 Å². The van der Waals surface area contributed by atoms with Gasteiger partial charge in [0.05, 0.1) is 16.9 Å². The van der Waals surface area contributed by atoms with E-state index in [2.05, 4.69) is 26.2 Å². The molecule has 0 aliphatic carbocycles. The number of halogens is 2. The maximum Gasteiger partial charge on any atom is 0.335 e. The molecule has 0 radical (unpaired) electrons. The molecule has 198 valence electrons. The summed E-state index contributed by atoms with van der Waals surface area (Å²) in [6.07, 6.45) is 2.76. The molecular weight excluding hydrogens is 529 g/mol. The molecule has 0 spiro atoms. The van der Waals surface area contributed by atoms with Crippen LogP contribution in [0.3, 0.4) is 0 Å². The molecule has 0 aliphatic heterocycles. The van der Waals surface area contributed by atoms with Crippen LogP contribution >= 0.6 is 11.6 Å². The van der Waals surface area contributed by atoms with Crippen molar-refractivity contribution in [1.82, 2.24) is 25.5 Å². The lowest BCUT2D eigenvalue weighted by Crippen LogP contribution is -2.44. The lowest BCUT2D eigenvalue weighted by atomic mass is 10.0. The molecule has 0 bridgehead atoms. The van der Waals surface area contributed by atoms with Crippen LogP contribution in [0.2, 0.25) is 5.02 Å². The first-order valence-electron chi connectivity index (χ1n) is 11.4. The van der Waals surface area contributed by atoms with E-state index in [0.29, 0.717) is 16.3 Å². The smallest absolute Gasteiger partial charge is 0.335 e. The maximum absolute atomic E-state index is 14.4. The zero-order valence-electron chi connectivity index (χ0n) is 20.1. The standard InChI is InChI=1S/C26H21ClFN7O4/c27-18-8-10-22(35-26(29)32-33-34-35)16(13-18)7-11-23(36)30-21(12-15-4-2-1-3-5-15)24(37)31-20-9-6-17(25(38)39)14-19(20)28/h1-11,13-14,21H,12H2,(H,30,36)(H,31,37)(H,38,39)(H2,29,32,34)/t21-/m0/s1. The molecule has 0 fully saturated rings. The highest BCUT2D eigenvalue weighted by Crippen LogP contribution is 2.22. The van der Waals surface area contributed by atoms with E-state index in [-0.39, 0.29) is 23.6 Å². The molecule has 2 amide bonds. The number of nitrogen functional groups attached to an aromatic ring is 1. The van der Waals surface area contributed by atoms with Crippen molar-refractivity contribution in [3.8, 4) is 5.69 Å². The summed E-state index contributed by atoms with van der Waals surface area (Å²) in [6, 6.07) is 15.7. The lowest BCUT2D eigenvalue weighted by molar-refractivity contribution is -0.123. The van der Waals surface area contributed by atoms with Crippen LogP contribution in [-0.2, 0) is 16.0 Å². The Hall–Kier alpha value is -5.10. The molecule has 5 N–H and O–H groups in total. The van der Waals surface area contributed by atoms with Gasteiger partial charge in [-0.1, -0.05) is 47.0 Å². The summed E-state index contributed by atoms with van der Waals surface area (Å²) >= 11 is 6.12. The van der Waals surface area contributed by atoms with Gasteiger partial charge in [-0.05, 0) is 58.5 Å². The molecule has 0 aliphatic rings. The molecule has 0 saturated heterocycles. The number of aromatic carboxylic acids is 1. The number of benzene rings is 3. The second-order valence-corrected chi connectivity index (χ2v) is 8.66. The van der Waals surface area contributed by atoms with Gasteiger partial charge in [0, 0.05) is 23.1 Å². The Labute approximate surface area is 226 Å². The van der Waals surface area contributed by atoms with Crippen molar-refractivity contribution in [3.63, 3.8) is 0 Å². The third kappa shape index (κ3) is 6.81. The largest absolute Gasteiger partial charge is 0.478 e. The van der Waals surface area contributed by atoms with Crippen LogP contribution < -0.4 is 16.4 Å². The number of nitrogens with zero attached hydrogens (tertiary/aromatic N) is 4. The summed E-state index contributed by atoms with van der Waals surface area (Å²) in [5.41, 5.74) is 6.98. The van der Waals surface area contributed by atoms with E-state index in [1.54, 1.807) is 48.5 Å². The number of nitrogens with two attached hydrogens (primary N) is 1. The molecule has 1 atom stereocenters. The normalized spacial score (nSPS) is 11.7. The van der Waals surface area contributed by atoms with Gasteiger partial charge in [0.1, 0.15) is 11.9 Å². The van der Waals surface area contributed by atoms with Gasteiger partial charge in [0.25, 0.3) is 0 Å². The van der Waals surface area contributed by atoms with E-state index in [0.717, 1.165) is 23.8 Å². The molecule has 0 saturated carbocycles. The minimum Gasteiger partial charge on any atom is -0.478 e. The summed E-state index contributed by atoms with van der Waals surface area (Å²) in [5.74, 6) is -3.53. The Balaban J connectivity index is 1.55. The summed E-state index contributed by atoms with van der Waals surface area (Å²) in [6.45, 7) is 0. The zero-order valence-corrected chi connectivity index (χ0v) is 20.8. The first-order valence-corrected chi connectivity index (χ1v) is 11.8. The minimum atomic E-state index is -1.31. The van der Waals surface area contributed by atoms with Gasteiger partial charge < -0.3 is 21.5 Å². The molecule has 0 unspecified atom stereocenters. The number of hydrogen-bond donors (Lipinski definition) is 4. The van der Waals surface area contributed by atoms with Crippen molar-refractivity contribution in [1.29, 1.82) is 0 Å². The summed E-state index contributed by atoms with van der Waals surface area (Å²) in [5, 5.41) is 25.4. The molecule has 13 heteroatoms. The first-order chi connectivity index (χ1) is 18.7. The molecular formula is C26H21ClFN7O4. The van der Waals surface area contributed by atoms with Gasteiger partial charge in [-0.25, -0.2) is 9.18 Å². The first kappa shape index (κ1) is 26.9. The van der Waals surface area contributed by atoms with Crippen LogP contribution in [0, 0.1) is 5.82 Å². The van der Waals surface area contributed by atoms with E-state index in [9.17, 15) is 18.8 Å². The lowest BCUT2D eigenvalue weighted by Gasteiger charge is -2.18. The number of tetrazole rings is 1. The molecule has 4 aromatic rings. The van der Waals surface area contributed by atoms with Gasteiger partial charge in [-0.15, -0.1) is 0 Å². The second-order valence-electron chi connectivity index (χ2n) is 8.23. The Kier molecular flexibility index (Phi) is 8.27. The monoisotopic (exact) mass is 549 g/mol. The molecule has 39 heavy (non-hydrogen) atoms. The second kappa shape index (κ2) is 12.0. The molecule has 1 aromatic heterocycles. The third-order valence-corrected chi connectivity index (χ3v) is 5.75. The number of amides is 2.